The van der Waals surface area contributed by atoms with Crippen LogP contribution in [-0.2, 0) is 16.1 Å². The van der Waals surface area contributed by atoms with Gasteiger partial charge in [-0.25, -0.2) is 8.78 Å². The van der Waals surface area contributed by atoms with E-state index in [0.717, 1.165) is 57.4 Å². The second-order valence-corrected chi connectivity index (χ2v) is 16.4. The van der Waals surface area contributed by atoms with Gasteiger partial charge in [-0.05, 0) is 109 Å². The van der Waals surface area contributed by atoms with Crippen LogP contribution in [-0.4, -0.2) is 52.0 Å². The number of hydrogen-bond donors (Lipinski definition) is 2. The molecule has 1 aromatic rings. The minimum atomic E-state index is -0.655. The Labute approximate surface area is 256 Å². The predicted molar refractivity (Wildman–Crippen MR) is 162 cm³/mol. The summed E-state index contributed by atoms with van der Waals surface area (Å²) in [4.78, 5) is 14.3. The summed E-state index contributed by atoms with van der Waals surface area (Å²) in [6.07, 6.45) is 8.04. The number of halogens is 2. The molecule has 43 heavy (non-hydrogen) atoms. The van der Waals surface area contributed by atoms with Crippen LogP contribution in [0, 0.1) is 57.0 Å². The molecule has 4 saturated carbocycles. The molecule has 0 radical (unpaired) electrons. The number of nitrogens with zero attached hydrogens (tertiary/aromatic N) is 1. The Hall–Kier alpha value is -1.57. The fraction of sp³-hybridized carbons (Fsp3) is 0.806. The first-order valence-corrected chi connectivity index (χ1v) is 16.8. The highest BCUT2D eigenvalue weighted by Crippen LogP contribution is 2.72. The smallest absolute Gasteiger partial charge is 0.219 e. The van der Waals surface area contributed by atoms with Crippen molar-refractivity contribution in [2.24, 2.45) is 45.3 Å². The number of carbonyl (C=O) groups excluding carboxylic acids is 1. The molecular formula is C36H53F2NO4. The van der Waals surface area contributed by atoms with Gasteiger partial charge < -0.3 is 19.8 Å². The maximum atomic E-state index is 13.9. The summed E-state index contributed by atoms with van der Waals surface area (Å²) in [5, 5.41) is 23.3. The second-order valence-electron chi connectivity index (χ2n) is 16.4. The Balaban J connectivity index is 1.25. The molecule has 5 aliphatic rings. The van der Waals surface area contributed by atoms with Crippen molar-refractivity contribution in [1.29, 1.82) is 0 Å². The van der Waals surface area contributed by atoms with Crippen molar-refractivity contribution in [3.05, 3.63) is 35.4 Å². The number of benzene rings is 1. The summed E-state index contributed by atoms with van der Waals surface area (Å²) in [5.74, 6) is -0.0418. The van der Waals surface area contributed by atoms with E-state index in [1.165, 1.54) is 25.5 Å². The lowest BCUT2D eigenvalue weighted by atomic mass is 9.41. The van der Waals surface area contributed by atoms with Crippen molar-refractivity contribution in [2.45, 2.75) is 130 Å². The van der Waals surface area contributed by atoms with E-state index < -0.39 is 17.7 Å². The van der Waals surface area contributed by atoms with Crippen molar-refractivity contribution < 1.29 is 28.5 Å². The lowest BCUT2D eigenvalue weighted by molar-refractivity contribution is -0.179. The van der Waals surface area contributed by atoms with E-state index in [1.807, 2.05) is 0 Å². The highest BCUT2D eigenvalue weighted by atomic mass is 19.1. The van der Waals surface area contributed by atoms with E-state index >= 15 is 0 Å². The molecule has 0 aromatic heterocycles. The number of fused-ring (bicyclic) bond motifs is 5. The van der Waals surface area contributed by atoms with Crippen LogP contribution >= 0.6 is 0 Å². The molecule has 3 unspecified atom stereocenters. The van der Waals surface area contributed by atoms with Gasteiger partial charge >= 0.3 is 0 Å². The van der Waals surface area contributed by atoms with Crippen molar-refractivity contribution in [3.8, 4) is 0 Å². The van der Waals surface area contributed by atoms with Crippen LogP contribution in [0.4, 0.5) is 8.78 Å². The third-order valence-corrected chi connectivity index (χ3v) is 14.1. The van der Waals surface area contributed by atoms with Crippen LogP contribution in [0.2, 0.25) is 0 Å². The Kier molecular flexibility index (Phi) is 7.86. The standard InChI is InChI=1S/C36H53F2NO4/c1-21-14-27(20-39(22(2)40)19-23-15-25(37)17-26(38)16-23)43-31-30(21)34(5)11-7-12-36-13-10-29(41)33(3,4)28(36)9-8-24(18-36)35(34,6)32(31)42/h15-17,21,24,27-32,41-42H,7-14,18-20H2,1-6H3/t21-,24?,27?,28+,29+,30+,31?,32+,34-,35-,36+/m1/s1. The highest BCUT2D eigenvalue weighted by molar-refractivity contribution is 5.73. The van der Waals surface area contributed by atoms with Crippen LogP contribution in [0.1, 0.15) is 105 Å². The molecule has 11 atom stereocenters. The molecule has 1 spiro atoms. The molecule has 240 valence electrons. The summed E-state index contributed by atoms with van der Waals surface area (Å²) < 4.78 is 34.6. The molecule has 5 nitrogen and oxygen atoms in total. The number of hydrogen-bond acceptors (Lipinski definition) is 4. The largest absolute Gasteiger partial charge is 0.393 e. The second kappa shape index (κ2) is 10.8. The van der Waals surface area contributed by atoms with Crippen molar-refractivity contribution in [3.63, 3.8) is 0 Å². The quantitative estimate of drug-likeness (QED) is 0.395. The van der Waals surface area contributed by atoms with E-state index in [9.17, 15) is 23.8 Å². The van der Waals surface area contributed by atoms with Crippen LogP contribution in [0.3, 0.4) is 0 Å². The third kappa shape index (κ3) is 4.81. The topological polar surface area (TPSA) is 70.0 Å². The molecular weight excluding hydrogens is 548 g/mol. The molecule has 1 aromatic carbocycles. The molecule has 1 heterocycles. The van der Waals surface area contributed by atoms with Gasteiger partial charge in [0, 0.05) is 31.5 Å². The first kappa shape index (κ1) is 31.4. The zero-order valence-electron chi connectivity index (χ0n) is 27.0. The molecule has 4 aliphatic carbocycles. The molecule has 2 bridgehead atoms. The van der Waals surface area contributed by atoms with Crippen LogP contribution in [0.5, 0.6) is 0 Å². The molecule has 1 aliphatic heterocycles. The van der Waals surface area contributed by atoms with E-state index in [1.54, 1.807) is 4.90 Å². The maximum Gasteiger partial charge on any atom is 0.219 e. The zero-order chi connectivity index (χ0) is 31.1. The van der Waals surface area contributed by atoms with Crippen molar-refractivity contribution in [2.75, 3.05) is 6.54 Å². The first-order valence-electron chi connectivity index (χ1n) is 16.8. The fourth-order valence-corrected chi connectivity index (χ4v) is 11.9. The zero-order valence-corrected chi connectivity index (χ0v) is 27.0. The van der Waals surface area contributed by atoms with Crippen molar-refractivity contribution in [1.82, 2.24) is 4.90 Å². The number of aliphatic hydroxyl groups is 2. The van der Waals surface area contributed by atoms with Gasteiger partial charge in [0.1, 0.15) is 11.6 Å². The summed E-state index contributed by atoms with van der Waals surface area (Å²) in [6.45, 7) is 13.5. The molecule has 6 rings (SSSR count). The first-order chi connectivity index (χ1) is 20.1. The normalized spacial score (nSPS) is 45.3. The van der Waals surface area contributed by atoms with E-state index in [0.29, 0.717) is 29.9 Å². The van der Waals surface area contributed by atoms with Crippen molar-refractivity contribution >= 4 is 5.91 Å². The lowest BCUT2D eigenvalue weighted by Crippen LogP contribution is -2.58. The van der Waals surface area contributed by atoms with Gasteiger partial charge in [-0.15, -0.1) is 0 Å². The van der Waals surface area contributed by atoms with Gasteiger partial charge in [-0.1, -0.05) is 41.0 Å². The third-order valence-electron chi connectivity index (χ3n) is 14.1. The summed E-state index contributed by atoms with van der Waals surface area (Å²) in [5.41, 5.74) is 0.209. The minimum Gasteiger partial charge on any atom is -0.393 e. The maximum absolute atomic E-state index is 13.9. The molecule has 1 saturated heterocycles. The number of carbonyl (C=O) groups is 1. The Morgan fingerprint density at radius 1 is 1.02 bits per heavy atom. The summed E-state index contributed by atoms with van der Waals surface area (Å²) >= 11 is 0. The Morgan fingerprint density at radius 3 is 2.40 bits per heavy atom. The van der Waals surface area contributed by atoms with Crippen LogP contribution in [0.25, 0.3) is 0 Å². The molecule has 2 N–H and O–H groups in total. The summed E-state index contributed by atoms with van der Waals surface area (Å²) in [6, 6.07) is 3.38. The average Bonchev–Trinajstić information content (AvgIpc) is 3.08. The van der Waals surface area contributed by atoms with E-state index in [-0.39, 0.29) is 58.3 Å². The number of rotatable bonds is 4. The average molecular weight is 602 g/mol. The highest BCUT2D eigenvalue weighted by Gasteiger charge is 2.71. The lowest BCUT2D eigenvalue weighted by Gasteiger charge is -2.64. The Bertz CT molecular complexity index is 1220. The number of amides is 1. The molecule has 7 heteroatoms. The van der Waals surface area contributed by atoms with E-state index in [2.05, 4.69) is 34.6 Å². The predicted octanol–water partition coefficient (Wildman–Crippen LogP) is 6.88. The Morgan fingerprint density at radius 2 is 1.72 bits per heavy atom. The number of aliphatic hydroxyl groups excluding tert-OH is 2. The monoisotopic (exact) mass is 601 g/mol. The minimum absolute atomic E-state index is 0.0658. The summed E-state index contributed by atoms with van der Waals surface area (Å²) in [7, 11) is 0. The van der Waals surface area contributed by atoms with Gasteiger partial charge in [0.2, 0.25) is 5.91 Å². The van der Waals surface area contributed by atoms with Gasteiger partial charge in [-0.2, -0.15) is 0 Å². The van der Waals surface area contributed by atoms with Gasteiger partial charge in [0.05, 0.1) is 24.4 Å². The number of ether oxygens (including phenoxy) is 1. The molecule has 1 amide bonds. The van der Waals surface area contributed by atoms with Gasteiger partial charge in [-0.3, -0.25) is 4.79 Å². The fourth-order valence-electron chi connectivity index (χ4n) is 11.9. The van der Waals surface area contributed by atoms with Crippen LogP contribution in [0.15, 0.2) is 18.2 Å². The SMILES string of the molecule is CC(=O)N(Cc1cc(F)cc(F)c1)CC1C[C@@H](C)[C@H]2C(O1)[C@H](O)[C@@]1(C)C3CC[C@H]4C(C)(C)[C@@H](O)CC[C@@]4(CCC[C@]21C)C3. The van der Waals surface area contributed by atoms with Crippen LogP contribution < -0.4 is 0 Å². The molecule has 5 fully saturated rings. The van der Waals surface area contributed by atoms with Gasteiger partial charge in [0.25, 0.3) is 0 Å². The van der Waals surface area contributed by atoms with E-state index in [4.69, 9.17) is 4.74 Å². The van der Waals surface area contributed by atoms with Gasteiger partial charge in [0.15, 0.2) is 0 Å².